The van der Waals surface area contributed by atoms with E-state index in [0.717, 1.165) is 11.7 Å². The Bertz CT molecular complexity index is 367. The summed E-state index contributed by atoms with van der Waals surface area (Å²) in [5.74, 6) is 0. The molecule has 3 rings (SSSR count). The minimum Gasteiger partial charge on any atom is -0.346 e. The van der Waals surface area contributed by atoms with Crippen molar-refractivity contribution in [2.45, 2.75) is 26.2 Å². The van der Waals surface area contributed by atoms with Crippen molar-refractivity contribution in [1.82, 2.24) is 15.1 Å². The van der Waals surface area contributed by atoms with Gasteiger partial charge in [0.25, 0.3) is 0 Å². The van der Waals surface area contributed by atoms with E-state index in [1.54, 1.807) is 11.3 Å². The van der Waals surface area contributed by atoms with E-state index in [4.69, 9.17) is 0 Å². The number of anilines is 1. The highest BCUT2D eigenvalue weighted by Gasteiger charge is 2.41. The Morgan fingerprint density at radius 1 is 1.35 bits per heavy atom. The monoisotopic (exact) mass is 252 g/mol. The van der Waals surface area contributed by atoms with Gasteiger partial charge in [-0.1, -0.05) is 18.3 Å². The van der Waals surface area contributed by atoms with Gasteiger partial charge in [0.05, 0.1) is 0 Å². The topological polar surface area (TPSA) is 32.3 Å². The first kappa shape index (κ1) is 11.4. The largest absolute Gasteiger partial charge is 0.346 e. The van der Waals surface area contributed by atoms with Gasteiger partial charge in [0, 0.05) is 25.0 Å². The average Bonchev–Trinajstić information content (AvgIpc) is 2.99. The lowest BCUT2D eigenvalue weighted by atomic mass is 9.79. The quantitative estimate of drug-likeness (QED) is 0.804. The molecule has 0 saturated carbocycles. The average molecular weight is 252 g/mol. The third-order valence-corrected chi connectivity index (χ3v) is 5.00. The highest BCUT2D eigenvalue weighted by atomic mass is 32.1. The highest BCUT2D eigenvalue weighted by molar-refractivity contribution is 7.13. The maximum Gasteiger partial charge on any atom is 0.208 e. The number of likely N-dealkylation sites (tertiary alicyclic amines) is 1. The molecule has 2 saturated heterocycles. The van der Waals surface area contributed by atoms with E-state index in [2.05, 4.69) is 26.9 Å². The predicted molar refractivity (Wildman–Crippen MR) is 70.5 cm³/mol. The van der Waals surface area contributed by atoms with Crippen LogP contribution in [0.1, 0.15) is 26.2 Å². The molecule has 94 valence electrons. The Morgan fingerprint density at radius 2 is 2.29 bits per heavy atom. The van der Waals surface area contributed by atoms with Crippen molar-refractivity contribution in [1.29, 1.82) is 0 Å². The normalized spacial score (nSPS) is 30.3. The Hall–Kier alpha value is -0.680. The zero-order valence-electron chi connectivity index (χ0n) is 10.4. The van der Waals surface area contributed by atoms with Crippen LogP contribution in [0.15, 0.2) is 5.51 Å². The second-order valence-corrected chi connectivity index (χ2v) is 6.18. The molecule has 1 aromatic heterocycles. The van der Waals surface area contributed by atoms with Gasteiger partial charge in [-0.25, -0.2) is 0 Å². The van der Waals surface area contributed by atoms with Crippen LogP contribution < -0.4 is 4.90 Å². The van der Waals surface area contributed by atoms with Crippen molar-refractivity contribution < 1.29 is 0 Å². The number of hydrogen-bond acceptors (Lipinski definition) is 5. The lowest BCUT2D eigenvalue weighted by Gasteiger charge is -2.40. The molecule has 1 atom stereocenters. The van der Waals surface area contributed by atoms with Crippen LogP contribution in [-0.4, -0.2) is 47.8 Å². The fourth-order valence-electron chi connectivity index (χ4n) is 3.31. The first-order chi connectivity index (χ1) is 8.31. The standard InChI is InChI=1S/C12H20N4S/c1-2-15-7-5-12(8-15)4-3-6-16(9-12)11-14-13-10-17-11/h10H,2-9H2,1H3. The van der Waals surface area contributed by atoms with E-state index in [0.29, 0.717) is 5.41 Å². The molecule has 0 aliphatic carbocycles. The van der Waals surface area contributed by atoms with E-state index in [-0.39, 0.29) is 0 Å². The fraction of sp³-hybridized carbons (Fsp3) is 0.833. The molecule has 0 N–H and O–H groups in total. The van der Waals surface area contributed by atoms with Crippen molar-refractivity contribution in [3.63, 3.8) is 0 Å². The molecular formula is C12H20N4S. The van der Waals surface area contributed by atoms with Crippen molar-refractivity contribution in [3.05, 3.63) is 5.51 Å². The molecular weight excluding hydrogens is 232 g/mol. The molecule has 2 aliphatic rings. The highest BCUT2D eigenvalue weighted by Crippen LogP contribution is 2.40. The van der Waals surface area contributed by atoms with Gasteiger partial charge in [0.2, 0.25) is 5.13 Å². The number of aromatic nitrogens is 2. The molecule has 0 aromatic carbocycles. The van der Waals surface area contributed by atoms with Gasteiger partial charge in [-0.15, -0.1) is 10.2 Å². The molecule has 0 bridgehead atoms. The number of hydrogen-bond donors (Lipinski definition) is 0. The van der Waals surface area contributed by atoms with Gasteiger partial charge >= 0.3 is 0 Å². The van der Waals surface area contributed by atoms with Crippen LogP contribution in [0.3, 0.4) is 0 Å². The first-order valence-electron chi connectivity index (χ1n) is 6.55. The van der Waals surface area contributed by atoms with Crippen LogP contribution in [-0.2, 0) is 0 Å². The molecule has 4 nitrogen and oxygen atoms in total. The van der Waals surface area contributed by atoms with E-state index >= 15 is 0 Å². The minimum absolute atomic E-state index is 0.528. The Balaban J connectivity index is 1.72. The van der Waals surface area contributed by atoms with Crippen molar-refractivity contribution >= 4 is 16.5 Å². The summed E-state index contributed by atoms with van der Waals surface area (Å²) >= 11 is 1.67. The van der Waals surface area contributed by atoms with Gasteiger partial charge in [-0.3, -0.25) is 0 Å². The summed E-state index contributed by atoms with van der Waals surface area (Å²) in [5.41, 5.74) is 2.36. The fourth-order valence-corrected chi connectivity index (χ4v) is 3.89. The lowest BCUT2D eigenvalue weighted by Crippen LogP contribution is -2.44. The van der Waals surface area contributed by atoms with E-state index < -0.39 is 0 Å². The van der Waals surface area contributed by atoms with Gasteiger partial charge in [-0.2, -0.15) is 0 Å². The molecule has 0 radical (unpaired) electrons. The van der Waals surface area contributed by atoms with Crippen LogP contribution in [0, 0.1) is 5.41 Å². The lowest BCUT2D eigenvalue weighted by molar-refractivity contribution is 0.223. The van der Waals surface area contributed by atoms with Crippen LogP contribution in [0.2, 0.25) is 0 Å². The first-order valence-corrected chi connectivity index (χ1v) is 7.43. The summed E-state index contributed by atoms with van der Waals surface area (Å²) in [5, 5.41) is 9.28. The minimum atomic E-state index is 0.528. The Morgan fingerprint density at radius 3 is 3.00 bits per heavy atom. The maximum atomic E-state index is 4.21. The maximum absolute atomic E-state index is 4.21. The van der Waals surface area contributed by atoms with Gasteiger partial charge in [0.1, 0.15) is 5.51 Å². The van der Waals surface area contributed by atoms with E-state index in [9.17, 15) is 0 Å². The molecule has 3 heterocycles. The third kappa shape index (κ3) is 2.18. The molecule has 0 amide bonds. The van der Waals surface area contributed by atoms with Crippen molar-refractivity contribution in [3.8, 4) is 0 Å². The zero-order valence-corrected chi connectivity index (χ0v) is 11.2. The summed E-state index contributed by atoms with van der Waals surface area (Å²) < 4.78 is 0. The van der Waals surface area contributed by atoms with Crippen molar-refractivity contribution in [2.24, 2.45) is 5.41 Å². The molecule has 2 aliphatic heterocycles. The van der Waals surface area contributed by atoms with Gasteiger partial charge < -0.3 is 9.80 Å². The molecule has 5 heteroatoms. The third-order valence-electron chi connectivity index (χ3n) is 4.25. The Labute approximate surface area is 107 Å². The van der Waals surface area contributed by atoms with E-state index in [1.165, 1.54) is 45.4 Å². The summed E-state index contributed by atoms with van der Waals surface area (Å²) in [7, 11) is 0. The summed E-state index contributed by atoms with van der Waals surface area (Å²) in [6, 6.07) is 0. The van der Waals surface area contributed by atoms with Gasteiger partial charge in [0.15, 0.2) is 0 Å². The van der Waals surface area contributed by atoms with Gasteiger partial charge in [-0.05, 0) is 32.4 Å². The van der Waals surface area contributed by atoms with E-state index in [1.807, 2.05) is 5.51 Å². The van der Waals surface area contributed by atoms with Crippen LogP contribution in [0.25, 0.3) is 0 Å². The number of rotatable bonds is 2. The second-order valence-electron chi connectivity index (χ2n) is 5.37. The summed E-state index contributed by atoms with van der Waals surface area (Å²) in [6.45, 7) is 8.35. The van der Waals surface area contributed by atoms with Crippen LogP contribution in [0.5, 0.6) is 0 Å². The molecule has 1 aromatic rings. The molecule has 2 fully saturated rings. The summed E-state index contributed by atoms with van der Waals surface area (Å²) in [4.78, 5) is 5.03. The zero-order chi connectivity index (χ0) is 11.7. The molecule has 1 spiro atoms. The second kappa shape index (κ2) is 4.53. The van der Waals surface area contributed by atoms with Crippen molar-refractivity contribution in [2.75, 3.05) is 37.6 Å². The predicted octanol–water partition coefficient (Wildman–Crippen LogP) is 1.85. The Kier molecular flexibility index (Phi) is 3.04. The number of nitrogens with zero attached hydrogens (tertiary/aromatic N) is 4. The van der Waals surface area contributed by atoms with Crippen LogP contribution >= 0.6 is 11.3 Å². The summed E-state index contributed by atoms with van der Waals surface area (Å²) in [6.07, 6.45) is 4.05. The number of piperidine rings is 1. The molecule has 17 heavy (non-hydrogen) atoms. The smallest absolute Gasteiger partial charge is 0.208 e. The SMILES string of the molecule is CCN1CCC2(CCCN(c3nncs3)C2)C1. The van der Waals surface area contributed by atoms with Crippen LogP contribution in [0.4, 0.5) is 5.13 Å². The molecule has 1 unspecified atom stereocenters.